The van der Waals surface area contributed by atoms with Gasteiger partial charge in [0.2, 0.25) is 5.78 Å². The second-order valence-corrected chi connectivity index (χ2v) is 7.22. The number of carbonyl (C=O) groups excluding carboxylic acids is 2. The summed E-state index contributed by atoms with van der Waals surface area (Å²) in [7, 11) is 0. The number of ether oxygens (including phenoxy) is 1. The van der Waals surface area contributed by atoms with Crippen LogP contribution in [0.25, 0.3) is 0 Å². The third-order valence-corrected chi connectivity index (χ3v) is 5.29. The van der Waals surface area contributed by atoms with Crippen LogP contribution in [0, 0.1) is 25.7 Å². The van der Waals surface area contributed by atoms with Crippen LogP contribution in [0.2, 0.25) is 5.02 Å². The second-order valence-electron chi connectivity index (χ2n) is 6.81. The zero-order chi connectivity index (χ0) is 18.1. The molecule has 1 fully saturated rings. The first-order chi connectivity index (χ1) is 11.9. The zero-order valence-corrected chi connectivity index (χ0v) is 15.5. The number of esters is 1. The van der Waals surface area contributed by atoms with E-state index in [0.29, 0.717) is 23.0 Å². The topological polar surface area (TPSA) is 48.3 Å². The lowest BCUT2D eigenvalue weighted by atomic mass is 10.1. The maximum atomic E-state index is 12.5. The Morgan fingerprint density at radius 1 is 1.28 bits per heavy atom. The summed E-state index contributed by atoms with van der Waals surface area (Å²) in [5, 5.41) is 0.704. The minimum Gasteiger partial charge on any atom is -0.457 e. The molecule has 1 aromatic carbocycles. The SMILES string of the molecule is Cc1cc(C(=O)COC(=O)[C@H]2C[C@H]2C)c(C)n1Cc1ccccc1Cl. The average Bonchev–Trinajstić information content (AvgIpc) is 3.25. The van der Waals surface area contributed by atoms with Gasteiger partial charge in [0.1, 0.15) is 0 Å². The van der Waals surface area contributed by atoms with Crippen molar-refractivity contribution < 1.29 is 14.3 Å². The number of aromatic nitrogens is 1. The lowest BCUT2D eigenvalue weighted by Gasteiger charge is -2.11. The molecule has 1 saturated carbocycles. The second kappa shape index (κ2) is 7.04. The minimum absolute atomic E-state index is 0.0274. The molecular weight excluding hydrogens is 338 g/mol. The van der Waals surface area contributed by atoms with Gasteiger partial charge in [-0.2, -0.15) is 0 Å². The van der Waals surface area contributed by atoms with E-state index in [2.05, 4.69) is 4.57 Å². The van der Waals surface area contributed by atoms with Crippen molar-refractivity contribution in [3.8, 4) is 0 Å². The fourth-order valence-electron chi connectivity index (χ4n) is 3.10. The smallest absolute Gasteiger partial charge is 0.309 e. The normalized spacial score (nSPS) is 18.9. The molecule has 0 unspecified atom stereocenters. The fraction of sp³-hybridized carbons (Fsp3) is 0.400. The summed E-state index contributed by atoms with van der Waals surface area (Å²) >= 11 is 6.24. The Labute approximate surface area is 152 Å². The molecular formula is C20H22ClNO3. The van der Waals surface area contributed by atoms with E-state index in [0.717, 1.165) is 23.4 Å². The fourth-order valence-corrected chi connectivity index (χ4v) is 3.29. The Morgan fingerprint density at radius 2 is 1.96 bits per heavy atom. The van der Waals surface area contributed by atoms with Crippen LogP contribution in [-0.2, 0) is 16.1 Å². The number of nitrogens with zero attached hydrogens (tertiary/aromatic N) is 1. The van der Waals surface area contributed by atoms with Crippen LogP contribution in [-0.4, -0.2) is 22.9 Å². The van der Waals surface area contributed by atoms with Crippen LogP contribution in [0.1, 0.15) is 40.7 Å². The molecule has 1 aromatic heterocycles. The molecule has 25 heavy (non-hydrogen) atoms. The van der Waals surface area contributed by atoms with Gasteiger partial charge in [-0.3, -0.25) is 9.59 Å². The summed E-state index contributed by atoms with van der Waals surface area (Å²) < 4.78 is 7.23. The lowest BCUT2D eigenvalue weighted by molar-refractivity contribution is -0.144. The highest BCUT2D eigenvalue weighted by atomic mass is 35.5. The number of Topliss-reactive ketones (excluding diaryl/α,β-unsaturated/α-hetero) is 1. The molecule has 132 valence electrons. The molecule has 1 aliphatic carbocycles. The number of hydrogen-bond acceptors (Lipinski definition) is 3. The van der Waals surface area contributed by atoms with E-state index in [4.69, 9.17) is 16.3 Å². The van der Waals surface area contributed by atoms with Crippen molar-refractivity contribution in [3.63, 3.8) is 0 Å². The summed E-state index contributed by atoms with van der Waals surface area (Å²) in [4.78, 5) is 24.3. The van der Waals surface area contributed by atoms with Crippen LogP contribution in [0.5, 0.6) is 0 Å². The third-order valence-electron chi connectivity index (χ3n) is 4.92. The van der Waals surface area contributed by atoms with E-state index >= 15 is 0 Å². The summed E-state index contributed by atoms with van der Waals surface area (Å²) in [6.07, 6.45) is 0.860. The summed E-state index contributed by atoms with van der Waals surface area (Å²) in [6, 6.07) is 9.52. The molecule has 1 heterocycles. The van der Waals surface area contributed by atoms with Crippen molar-refractivity contribution in [1.29, 1.82) is 0 Å². The third kappa shape index (κ3) is 3.79. The molecule has 0 aliphatic heterocycles. The minimum atomic E-state index is -0.259. The lowest BCUT2D eigenvalue weighted by Crippen LogP contribution is -2.16. The van der Waals surface area contributed by atoms with Gasteiger partial charge in [0.05, 0.1) is 5.92 Å². The summed E-state index contributed by atoms with van der Waals surface area (Å²) in [5.74, 6) is -0.0744. The van der Waals surface area contributed by atoms with Gasteiger partial charge >= 0.3 is 5.97 Å². The monoisotopic (exact) mass is 359 g/mol. The van der Waals surface area contributed by atoms with Crippen molar-refractivity contribution >= 4 is 23.4 Å². The number of halogens is 1. The molecule has 0 bridgehead atoms. The van der Waals surface area contributed by atoms with E-state index in [9.17, 15) is 9.59 Å². The molecule has 0 amide bonds. The van der Waals surface area contributed by atoms with Crippen molar-refractivity contribution in [1.82, 2.24) is 4.57 Å². The Hall–Kier alpha value is -2.07. The van der Waals surface area contributed by atoms with Crippen molar-refractivity contribution in [3.05, 3.63) is 57.9 Å². The van der Waals surface area contributed by atoms with Crippen molar-refractivity contribution in [2.45, 2.75) is 33.7 Å². The Balaban J connectivity index is 1.71. The largest absolute Gasteiger partial charge is 0.457 e. The number of carbonyl (C=O) groups is 2. The molecule has 0 saturated heterocycles. The molecule has 0 spiro atoms. The molecule has 2 aromatic rings. The van der Waals surface area contributed by atoms with Gasteiger partial charge in [-0.15, -0.1) is 0 Å². The number of ketones is 1. The Kier molecular flexibility index (Phi) is 5.00. The standard InChI is InChI=1S/C20H22ClNO3/c1-12-8-16(12)20(24)25-11-19(23)17-9-13(2)22(14(17)3)10-15-6-4-5-7-18(15)21/h4-7,9,12,16H,8,10-11H2,1-3H3/t12-,16+/m1/s1. The van der Waals surface area contributed by atoms with Crippen LogP contribution in [0.15, 0.2) is 30.3 Å². The van der Waals surface area contributed by atoms with Gasteiger partial charge in [0, 0.05) is 28.5 Å². The first-order valence-electron chi connectivity index (χ1n) is 8.48. The molecule has 2 atom stereocenters. The van der Waals surface area contributed by atoms with E-state index in [-0.39, 0.29) is 24.3 Å². The Bertz CT molecular complexity index is 824. The number of benzene rings is 1. The Morgan fingerprint density at radius 3 is 2.60 bits per heavy atom. The van der Waals surface area contributed by atoms with E-state index in [1.165, 1.54) is 0 Å². The van der Waals surface area contributed by atoms with Gasteiger partial charge in [-0.25, -0.2) is 0 Å². The van der Waals surface area contributed by atoms with Gasteiger partial charge in [-0.05, 0) is 43.9 Å². The van der Waals surface area contributed by atoms with Gasteiger partial charge < -0.3 is 9.30 Å². The highest BCUT2D eigenvalue weighted by Gasteiger charge is 2.40. The number of hydrogen-bond donors (Lipinski definition) is 0. The van der Waals surface area contributed by atoms with Gasteiger partial charge in [0.15, 0.2) is 6.61 Å². The van der Waals surface area contributed by atoms with E-state index < -0.39 is 0 Å². The molecule has 5 heteroatoms. The van der Waals surface area contributed by atoms with E-state index in [1.807, 2.05) is 51.1 Å². The summed E-state index contributed by atoms with van der Waals surface area (Å²) in [6.45, 7) is 6.28. The van der Waals surface area contributed by atoms with Gasteiger partial charge in [0.25, 0.3) is 0 Å². The molecule has 4 nitrogen and oxygen atoms in total. The summed E-state index contributed by atoms with van der Waals surface area (Å²) in [5.41, 5.74) is 3.43. The van der Waals surface area contributed by atoms with Crippen LogP contribution in [0.3, 0.4) is 0 Å². The average molecular weight is 360 g/mol. The van der Waals surface area contributed by atoms with Crippen LogP contribution in [0.4, 0.5) is 0 Å². The predicted molar refractivity (Wildman–Crippen MR) is 97.0 cm³/mol. The highest BCUT2D eigenvalue weighted by Crippen LogP contribution is 2.38. The van der Waals surface area contributed by atoms with Crippen molar-refractivity contribution in [2.24, 2.45) is 11.8 Å². The molecule has 1 aliphatic rings. The zero-order valence-electron chi connectivity index (χ0n) is 14.7. The number of aryl methyl sites for hydroxylation is 1. The van der Waals surface area contributed by atoms with Crippen LogP contribution >= 0.6 is 11.6 Å². The highest BCUT2D eigenvalue weighted by molar-refractivity contribution is 6.31. The molecule has 0 N–H and O–H groups in total. The maximum absolute atomic E-state index is 12.5. The number of rotatable bonds is 6. The molecule has 0 radical (unpaired) electrons. The maximum Gasteiger partial charge on any atom is 0.309 e. The molecule has 3 rings (SSSR count). The van der Waals surface area contributed by atoms with Crippen LogP contribution < -0.4 is 0 Å². The van der Waals surface area contributed by atoms with Gasteiger partial charge in [-0.1, -0.05) is 36.7 Å². The predicted octanol–water partition coefficient (Wildman–Crippen LogP) is 4.19. The van der Waals surface area contributed by atoms with Crippen molar-refractivity contribution in [2.75, 3.05) is 6.61 Å². The first-order valence-corrected chi connectivity index (χ1v) is 8.86. The van der Waals surface area contributed by atoms with E-state index in [1.54, 1.807) is 0 Å². The quantitative estimate of drug-likeness (QED) is 0.574. The first kappa shape index (κ1) is 17.7.